The molecule has 0 spiro atoms. The molecular weight excluding hydrogens is 301 g/mol. The highest BCUT2D eigenvalue weighted by atomic mass is 35.5. The second-order valence-corrected chi connectivity index (χ2v) is 4.77. The number of halogens is 2. The molecule has 0 heterocycles. The molecule has 0 saturated heterocycles. The molecule has 0 bridgehead atoms. The molecule has 2 N–H and O–H groups in total. The highest BCUT2D eigenvalue weighted by Crippen LogP contribution is 2.23. The second kappa shape index (κ2) is 5.94. The Bertz CT molecular complexity index is 686. The van der Waals surface area contributed by atoms with Crippen LogP contribution in [0.25, 0.3) is 0 Å². The molecule has 0 radical (unpaired) electrons. The van der Waals surface area contributed by atoms with Crippen LogP contribution in [0.4, 0.5) is 5.69 Å². The summed E-state index contributed by atoms with van der Waals surface area (Å²) >= 11 is 11.7. The van der Waals surface area contributed by atoms with Crippen LogP contribution in [0.5, 0.6) is 0 Å². The van der Waals surface area contributed by atoms with Gasteiger partial charge in [0.2, 0.25) is 0 Å². The lowest BCUT2D eigenvalue weighted by atomic mass is 10.1. The number of carbonyl (C=O) groups is 2. The van der Waals surface area contributed by atoms with Crippen molar-refractivity contribution in [2.24, 2.45) is 0 Å². The lowest BCUT2D eigenvalue weighted by Gasteiger charge is -2.09. The lowest BCUT2D eigenvalue weighted by molar-refractivity contribution is 0.0698. The molecule has 0 aromatic heterocycles. The quantitative estimate of drug-likeness (QED) is 0.902. The number of carboxylic acids is 1. The fourth-order valence-electron chi connectivity index (χ4n) is 1.64. The van der Waals surface area contributed by atoms with Crippen molar-refractivity contribution in [2.45, 2.75) is 0 Å². The highest BCUT2D eigenvalue weighted by Gasteiger charge is 2.15. The number of benzene rings is 2. The van der Waals surface area contributed by atoms with Crippen LogP contribution in [-0.4, -0.2) is 17.0 Å². The van der Waals surface area contributed by atoms with Crippen LogP contribution in [0.1, 0.15) is 20.7 Å². The average molecular weight is 310 g/mol. The van der Waals surface area contributed by atoms with Gasteiger partial charge in [-0.15, -0.1) is 0 Å². The van der Waals surface area contributed by atoms with Crippen LogP contribution in [0.3, 0.4) is 0 Å². The van der Waals surface area contributed by atoms with Gasteiger partial charge < -0.3 is 10.4 Å². The molecule has 102 valence electrons. The van der Waals surface area contributed by atoms with Gasteiger partial charge in [-0.25, -0.2) is 4.79 Å². The Morgan fingerprint density at radius 1 is 1.00 bits per heavy atom. The van der Waals surface area contributed by atoms with Crippen molar-refractivity contribution in [3.05, 3.63) is 63.6 Å². The molecule has 0 fully saturated rings. The van der Waals surface area contributed by atoms with Crippen LogP contribution in [-0.2, 0) is 0 Å². The standard InChI is InChI=1S/C14H9Cl2NO3/c15-8-5-6-9(11(16)7-8)13(18)17-12-4-2-1-3-10(12)14(19)20/h1-7H,(H,17,18)(H,19,20). The highest BCUT2D eigenvalue weighted by molar-refractivity contribution is 6.37. The van der Waals surface area contributed by atoms with Crippen LogP contribution < -0.4 is 5.32 Å². The van der Waals surface area contributed by atoms with E-state index >= 15 is 0 Å². The Kier molecular flexibility index (Phi) is 4.27. The largest absolute Gasteiger partial charge is 0.478 e. The maximum absolute atomic E-state index is 12.1. The number of para-hydroxylation sites is 1. The Labute approximate surface area is 124 Å². The van der Waals surface area contributed by atoms with Gasteiger partial charge in [-0.3, -0.25) is 4.79 Å². The molecule has 0 aliphatic heterocycles. The third-order valence-corrected chi connectivity index (χ3v) is 3.13. The zero-order valence-corrected chi connectivity index (χ0v) is 11.6. The van der Waals surface area contributed by atoms with Gasteiger partial charge in [0.1, 0.15) is 0 Å². The Hall–Kier alpha value is -2.04. The summed E-state index contributed by atoms with van der Waals surface area (Å²) in [6, 6.07) is 10.6. The van der Waals surface area contributed by atoms with E-state index in [4.69, 9.17) is 28.3 Å². The summed E-state index contributed by atoms with van der Waals surface area (Å²) in [6.45, 7) is 0. The van der Waals surface area contributed by atoms with Gasteiger partial charge in [0.05, 0.1) is 21.8 Å². The van der Waals surface area contributed by atoms with Crippen molar-refractivity contribution in [2.75, 3.05) is 5.32 Å². The lowest BCUT2D eigenvalue weighted by Crippen LogP contribution is -2.15. The Morgan fingerprint density at radius 3 is 2.35 bits per heavy atom. The number of hydrogen-bond donors (Lipinski definition) is 2. The van der Waals surface area contributed by atoms with E-state index in [-0.39, 0.29) is 21.8 Å². The number of aromatic carboxylic acids is 1. The van der Waals surface area contributed by atoms with E-state index in [9.17, 15) is 9.59 Å². The van der Waals surface area contributed by atoms with Gasteiger partial charge >= 0.3 is 5.97 Å². The molecule has 0 saturated carbocycles. The van der Waals surface area contributed by atoms with Crippen LogP contribution in [0.15, 0.2) is 42.5 Å². The number of carboxylic acid groups (broad SMARTS) is 1. The summed E-state index contributed by atoms with van der Waals surface area (Å²) in [5.41, 5.74) is 0.429. The van der Waals surface area contributed by atoms with Crippen molar-refractivity contribution < 1.29 is 14.7 Å². The smallest absolute Gasteiger partial charge is 0.337 e. The van der Waals surface area contributed by atoms with E-state index in [2.05, 4.69) is 5.32 Å². The first kappa shape index (κ1) is 14.4. The molecule has 0 atom stereocenters. The van der Waals surface area contributed by atoms with E-state index in [1.54, 1.807) is 12.1 Å². The fourth-order valence-corrected chi connectivity index (χ4v) is 2.14. The van der Waals surface area contributed by atoms with Crippen LogP contribution in [0, 0.1) is 0 Å². The number of anilines is 1. The van der Waals surface area contributed by atoms with Crippen molar-refractivity contribution in [1.29, 1.82) is 0 Å². The number of amides is 1. The molecule has 1 amide bonds. The van der Waals surface area contributed by atoms with Gasteiger partial charge in [-0.1, -0.05) is 35.3 Å². The summed E-state index contributed by atoms with van der Waals surface area (Å²) in [7, 11) is 0. The Morgan fingerprint density at radius 2 is 1.70 bits per heavy atom. The predicted molar refractivity (Wildman–Crippen MR) is 77.8 cm³/mol. The van der Waals surface area contributed by atoms with Crippen molar-refractivity contribution in [3.63, 3.8) is 0 Å². The van der Waals surface area contributed by atoms with E-state index in [0.29, 0.717) is 5.02 Å². The maximum atomic E-state index is 12.1. The molecule has 20 heavy (non-hydrogen) atoms. The van der Waals surface area contributed by atoms with Gasteiger partial charge in [-0.2, -0.15) is 0 Å². The first-order chi connectivity index (χ1) is 9.49. The zero-order valence-electron chi connectivity index (χ0n) is 10.1. The number of hydrogen-bond acceptors (Lipinski definition) is 2. The normalized spacial score (nSPS) is 10.1. The molecular formula is C14H9Cl2NO3. The third-order valence-electron chi connectivity index (χ3n) is 2.58. The first-order valence-corrected chi connectivity index (χ1v) is 6.33. The molecule has 2 aromatic rings. The number of nitrogens with one attached hydrogen (secondary N) is 1. The monoisotopic (exact) mass is 309 g/mol. The van der Waals surface area contributed by atoms with Crippen molar-refractivity contribution >= 4 is 40.8 Å². The summed E-state index contributed by atoms with van der Waals surface area (Å²) in [5.74, 6) is -1.62. The number of rotatable bonds is 3. The van der Waals surface area contributed by atoms with E-state index < -0.39 is 11.9 Å². The molecule has 2 rings (SSSR count). The van der Waals surface area contributed by atoms with Crippen LogP contribution in [0.2, 0.25) is 10.0 Å². The summed E-state index contributed by atoms with van der Waals surface area (Å²) in [4.78, 5) is 23.1. The van der Waals surface area contributed by atoms with Gasteiger partial charge in [0, 0.05) is 5.02 Å². The summed E-state index contributed by atoms with van der Waals surface area (Å²) in [6.07, 6.45) is 0. The zero-order chi connectivity index (χ0) is 14.7. The summed E-state index contributed by atoms with van der Waals surface area (Å²) < 4.78 is 0. The second-order valence-electron chi connectivity index (χ2n) is 3.93. The van der Waals surface area contributed by atoms with Crippen LogP contribution >= 0.6 is 23.2 Å². The molecule has 0 unspecified atom stereocenters. The SMILES string of the molecule is O=C(Nc1ccccc1C(=O)O)c1ccc(Cl)cc1Cl. The molecule has 6 heteroatoms. The molecule has 4 nitrogen and oxygen atoms in total. The van der Waals surface area contributed by atoms with Gasteiger partial charge in [-0.05, 0) is 30.3 Å². The van der Waals surface area contributed by atoms with E-state index in [0.717, 1.165) is 0 Å². The number of carbonyl (C=O) groups excluding carboxylic acids is 1. The summed E-state index contributed by atoms with van der Waals surface area (Å²) in [5, 5.41) is 12.2. The van der Waals surface area contributed by atoms with Gasteiger partial charge in [0.25, 0.3) is 5.91 Å². The molecule has 0 aliphatic rings. The average Bonchev–Trinajstić information content (AvgIpc) is 2.38. The molecule has 2 aromatic carbocycles. The Balaban J connectivity index is 2.30. The van der Waals surface area contributed by atoms with E-state index in [1.807, 2.05) is 0 Å². The third kappa shape index (κ3) is 3.10. The fraction of sp³-hybridized carbons (Fsp3) is 0. The minimum Gasteiger partial charge on any atom is -0.478 e. The van der Waals surface area contributed by atoms with Gasteiger partial charge in [0.15, 0.2) is 0 Å². The predicted octanol–water partition coefficient (Wildman–Crippen LogP) is 3.94. The topological polar surface area (TPSA) is 66.4 Å². The first-order valence-electron chi connectivity index (χ1n) is 5.58. The van der Waals surface area contributed by atoms with E-state index in [1.165, 1.54) is 30.3 Å². The van der Waals surface area contributed by atoms with Crippen molar-refractivity contribution in [3.8, 4) is 0 Å². The minimum atomic E-state index is -1.12. The molecule has 0 aliphatic carbocycles. The minimum absolute atomic E-state index is 0.00550. The maximum Gasteiger partial charge on any atom is 0.337 e. The van der Waals surface area contributed by atoms with Crippen molar-refractivity contribution in [1.82, 2.24) is 0 Å².